The van der Waals surface area contributed by atoms with Crippen LogP contribution >= 0.6 is 15.9 Å². The van der Waals surface area contributed by atoms with Gasteiger partial charge in [0.25, 0.3) is 5.91 Å². The first-order valence-corrected chi connectivity index (χ1v) is 9.88. The second-order valence-corrected chi connectivity index (χ2v) is 7.36. The molecule has 3 rings (SSSR count). The fourth-order valence-corrected chi connectivity index (χ4v) is 3.11. The summed E-state index contributed by atoms with van der Waals surface area (Å²) in [6, 6.07) is 11.0. The predicted octanol–water partition coefficient (Wildman–Crippen LogP) is 3.75. The minimum absolute atomic E-state index is 0.157. The Hall–Kier alpha value is -3.33. The molecule has 0 unspecified atom stereocenters. The number of methoxy groups -OCH3 is 1. The summed E-state index contributed by atoms with van der Waals surface area (Å²) in [6.45, 7) is 3.60. The van der Waals surface area contributed by atoms with Crippen molar-refractivity contribution in [2.45, 2.75) is 13.8 Å². The molecule has 156 valence electrons. The standard InChI is InChI=1S/C21H22BrN5O3/c1-13-6-4-5-7-17(13)26-20(28)12-30-19-9-16(22)15(8-18(19)29-3)10-24-27-11-14(2)25-21(27)23/h4-11H,12H2,1-3H3,(H2,23,25)(H,26,28). The zero-order valence-electron chi connectivity index (χ0n) is 16.8. The van der Waals surface area contributed by atoms with E-state index in [2.05, 4.69) is 31.3 Å². The van der Waals surface area contributed by atoms with Gasteiger partial charge in [0, 0.05) is 15.7 Å². The number of carbonyl (C=O) groups excluding carboxylic acids is 1. The molecule has 0 spiro atoms. The maximum atomic E-state index is 12.3. The maximum absolute atomic E-state index is 12.3. The molecule has 0 aliphatic carbocycles. The summed E-state index contributed by atoms with van der Waals surface area (Å²) in [6.07, 6.45) is 3.35. The SMILES string of the molecule is COc1cc(C=Nn2cc(C)nc2N)c(Br)cc1OCC(=O)Nc1ccccc1C. The van der Waals surface area contributed by atoms with E-state index in [1.165, 1.54) is 11.8 Å². The van der Waals surface area contributed by atoms with Crippen LogP contribution in [-0.4, -0.2) is 35.5 Å². The second-order valence-electron chi connectivity index (χ2n) is 6.51. The number of amides is 1. The van der Waals surface area contributed by atoms with Crippen LogP contribution in [0, 0.1) is 13.8 Å². The summed E-state index contributed by atoms with van der Waals surface area (Å²) in [5, 5.41) is 7.14. The van der Waals surface area contributed by atoms with E-state index in [0.717, 1.165) is 27.0 Å². The molecule has 1 aromatic heterocycles. The lowest BCUT2D eigenvalue weighted by Crippen LogP contribution is -2.20. The number of imidazole rings is 1. The van der Waals surface area contributed by atoms with E-state index in [1.54, 1.807) is 24.5 Å². The molecule has 8 nitrogen and oxygen atoms in total. The van der Waals surface area contributed by atoms with Crippen molar-refractivity contribution in [3.8, 4) is 11.5 Å². The average Bonchev–Trinajstić information content (AvgIpc) is 3.04. The number of nitrogens with one attached hydrogen (secondary N) is 1. The number of rotatable bonds is 7. The number of hydrogen-bond donors (Lipinski definition) is 2. The number of ether oxygens (including phenoxy) is 2. The Morgan fingerprint density at radius 3 is 2.73 bits per heavy atom. The van der Waals surface area contributed by atoms with Crippen molar-refractivity contribution >= 4 is 39.7 Å². The highest BCUT2D eigenvalue weighted by molar-refractivity contribution is 9.10. The second kappa shape index (κ2) is 9.45. The lowest BCUT2D eigenvalue weighted by atomic mass is 10.2. The van der Waals surface area contributed by atoms with Crippen LogP contribution in [0.1, 0.15) is 16.8 Å². The molecule has 1 heterocycles. The van der Waals surface area contributed by atoms with Gasteiger partial charge in [0.2, 0.25) is 5.95 Å². The first-order valence-electron chi connectivity index (χ1n) is 9.09. The molecular formula is C21H22BrN5O3. The van der Waals surface area contributed by atoms with Crippen molar-refractivity contribution in [1.82, 2.24) is 9.66 Å². The number of nitrogen functional groups attached to an aromatic ring is 1. The van der Waals surface area contributed by atoms with E-state index in [9.17, 15) is 4.79 Å². The number of nitrogens with two attached hydrogens (primary N) is 1. The van der Waals surface area contributed by atoms with Crippen LogP contribution in [0.2, 0.25) is 0 Å². The Morgan fingerprint density at radius 1 is 1.30 bits per heavy atom. The highest BCUT2D eigenvalue weighted by atomic mass is 79.9. The van der Waals surface area contributed by atoms with Gasteiger partial charge < -0.3 is 20.5 Å². The highest BCUT2D eigenvalue weighted by Crippen LogP contribution is 2.33. The molecule has 9 heteroatoms. The van der Waals surface area contributed by atoms with Crippen molar-refractivity contribution in [3.05, 3.63) is 63.9 Å². The van der Waals surface area contributed by atoms with Crippen LogP contribution in [0.15, 0.2) is 52.2 Å². The molecule has 0 radical (unpaired) electrons. The Morgan fingerprint density at radius 2 is 2.07 bits per heavy atom. The van der Waals surface area contributed by atoms with Crippen LogP contribution in [-0.2, 0) is 4.79 Å². The molecule has 2 aromatic carbocycles. The normalized spacial score (nSPS) is 10.9. The van der Waals surface area contributed by atoms with Gasteiger partial charge in [-0.1, -0.05) is 18.2 Å². The quantitative estimate of drug-likeness (QED) is 0.510. The van der Waals surface area contributed by atoms with E-state index in [4.69, 9.17) is 15.2 Å². The lowest BCUT2D eigenvalue weighted by Gasteiger charge is -2.13. The molecule has 0 saturated carbocycles. The topological polar surface area (TPSA) is 104 Å². The van der Waals surface area contributed by atoms with Crippen molar-refractivity contribution in [1.29, 1.82) is 0 Å². The monoisotopic (exact) mass is 471 g/mol. The molecule has 0 atom stereocenters. The number of aryl methyl sites for hydroxylation is 2. The van der Waals surface area contributed by atoms with Gasteiger partial charge in [0.15, 0.2) is 18.1 Å². The first kappa shape index (κ1) is 21.4. The third-order valence-electron chi connectivity index (χ3n) is 4.22. The number of aromatic nitrogens is 2. The van der Waals surface area contributed by atoms with Crippen molar-refractivity contribution in [2.24, 2.45) is 5.10 Å². The molecule has 30 heavy (non-hydrogen) atoms. The van der Waals surface area contributed by atoms with E-state index in [0.29, 0.717) is 17.4 Å². The van der Waals surface area contributed by atoms with Gasteiger partial charge in [0.05, 0.1) is 25.2 Å². The maximum Gasteiger partial charge on any atom is 0.262 e. The molecule has 0 aliphatic heterocycles. The van der Waals surface area contributed by atoms with Crippen LogP contribution in [0.3, 0.4) is 0 Å². The van der Waals surface area contributed by atoms with E-state index in [1.807, 2.05) is 38.1 Å². The zero-order chi connectivity index (χ0) is 21.7. The van der Waals surface area contributed by atoms with Gasteiger partial charge in [-0.2, -0.15) is 5.10 Å². The van der Waals surface area contributed by atoms with E-state index >= 15 is 0 Å². The number of benzene rings is 2. The summed E-state index contributed by atoms with van der Waals surface area (Å²) in [5.41, 5.74) is 9.04. The van der Waals surface area contributed by atoms with Crippen LogP contribution < -0.4 is 20.5 Å². The van der Waals surface area contributed by atoms with Gasteiger partial charge in [-0.05, 0) is 53.5 Å². The minimum Gasteiger partial charge on any atom is -0.493 e. The Bertz CT molecular complexity index is 1090. The van der Waals surface area contributed by atoms with Crippen molar-refractivity contribution in [3.63, 3.8) is 0 Å². The molecular weight excluding hydrogens is 450 g/mol. The van der Waals surface area contributed by atoms with Crippen LogP contribution in [0.25, 0.3) is 0 Å². The fraction of sp³-hybridized carbons (Fsp3) is 0.190. The van der Waals surface area contributed by atoms with Gasteiger partial charge in [-0.15, -0.1) is 0 Å². The largest absolute Gasteiger partial charge is 0.493 e. The predicted molar refractivity (Wildman–Crippen MR) is 120 cm³/mol. The molecule has 3 N–H and O–H groups in total. The molecule has 0 fully saturated rings. The fourth-order valence-electron chi connectivity index (χ4n) is 2.69. The Kier molecular flexibility index (Phi) is 6.73. The number of hydrogen-bond acceptors (Lipinski definition) is 6. The number of anilines is 2. The molecule has 0 bridgehead atoms. The van der Waals surface area contributed by atoms with E-state index in [-0.39, 0.29) is 12.5 Å². The third-order valence-corrected chi connectivity index (χ3v) is 4.90. The highest BCUT2D eigenvalue weighted by Gasteiger charge is 2.12. The number of halogens is 1. The number of para-hydroxylation sites is 1. The van der Waals surface area contributed by atoms with E-state index < -0.39 is 0 Å². The van der Waals surface area contributed by atoms with Crippen molar-refractivity contribution in [2.75, 3.05) is 24.8 Å². The summed E-state index contributed by atoms with van der Waals surface area (Å²) < 4.78 is 13.3. The average molecular weight is 472 g/mol. The molecule has 3 aromatic rings. The molecule has 0 aliphatic rings. The number of carbonyl (C=O) groups is 1. The Balaban J connectivity index is 1.71. The van der Waals surface area contributed by atoms with Crippen molar-refractivity contribution < 1.29 is 14.3 Å². The third kappa shape index (κ3) is 5.18. The number of nitrogens with zero attached hydrogens (tertiary/aromatic N) is 3. The van der Waals surface area contributed by atoms with Crippen LogP contribution in [0.4, 0.5) is 11.6 Å². The molecule has 1 amide bonds. The van der Waals surface area contributed by atoms with Gasteiger partial charge in [-0.25, -0.2) is 9.66 Å². The smallest absolute Gasteiger partial charge is 0.262 e. The summed E-state index contributed by atoms with van der Waals surface area (Å²) in [5.74, 6) is 0.933. The summed E-state index contributed by atoms with van der Waals surface area (Å²) in [7, 11) is 1.53. The minimum atomic E-state index is -0.265. The summed E-state index contributed by atoms with van der Waals surface area (Å²) >= 11 is 3.49. The Labute approximate surface area is 182 Å². The van der Waals surface area contributed by atoms with Gasteiger partial charge in [0.1, 0.15) is 0 Å². The lowest BCUT2D eigenvalue weighted by molar-refractivity contribution is -0.118. The van der Waals surface area contributed by atoms with Gasteiger partial charge in [-0.3, -0.25) is 4.79 Å². The summed E-state index contributed by atoms with van der Waals surface area (Å²) in [4.78, 5) is 16.4. The molecule has 0 saturated heterocycles. The zero-order valence-corrected chi connectivity index (χ0v) is 18.4. The van der Waals surface area contributed by atoms with Crippen LogP contribution in [0.5, 0.6) is 11.5 Å². The first-order chi connectivity index (χ1) is 14.4. The van der Waals surface area contributed by atoms with Gasteiger partial charge >= 0.3 is 0 Å².